The molecule has 0 aliphatic heterocycles. The second-order valence-electron chi connectivity index (χ2n) is 3.30. The highest BCUT2D eigenvalue weighted by Gasteiger charge is 2.19. The highest BCUT2D eigenvalue weighted by Crippen LogP contribution is 2.06. The summed E-state index contributed by atoms with van der Waals surface area (Å²) in [5, 5.41) is 8.49. The molecule has 0 rings (SSSR count). The van der Waals surface area contributed by atoms with Crippen LogP contribution in [0.15, 0.2) is 0 Å². The number of rotatable bonds is 5. The Balaban J connectivity index is 3.75. The molecule has 72 valence electrons. The van der Waals surface area contributed by atoms with Crippen LogP contribution in [0, 0.1) is 0 Å². The number of carbonyl (C=O) groups is 1. The SMILES string of the molecule is CCC(C)(N)COC(C)C(=O)O. The first-order valence-electron chi connectivity index (χ1n) is 4.02. The van der Waals surface area contributed by atoms with E-state index in [1.165, 1.54) is 6.92 Å². The number of hydrogen-bond donors (Lipinski definition) is 2. The third-order valence-corrected chi connectivity index (χ3v) is 1.82. The molecule has 0 radical (unpaired) electrons. The molecular formula is C8H17NO3. The predicted molar refractivity (Wildman–Crippen MR) is 45.9 cm³/mol. The first-order chi connectivity index (χ1) is 5.39. The zero-order valence-electron chi connectivity index (χ0n) is 7.83. The molecule has 0 amide bonds. The minimum Gasteiger partial charge on any atom is -0.479 e. The first-order valence-corrected chi connectivity index (χ1v) is 4.02. The van der Waals surface area contributed by atoms with E-state index in [0.29, 0.717) is 0 Å². The molecule has 0 saturated heterocycles. The van der Waals surface area contributed by atoms with E-state index in [-0.39, 0.29) is 6.61 Å². The lowest BCUT2D eigenvalue weighted by molar-refractivity contribution is -0.150. The van der Waals surface area contributed by atoms with Crippen LogP contribution in [0.5, 0.6) is 0 Å². The van der Waals surface area contributed by atoms with Gasteiger partial charge in [0.1, 0.15) is 0 Å². The standard InChI is InChI=1S/C8H17NO3/c1-4-8(3,9)5-12-6(2)7(10)11/h6H,4-5,9H2,1-3H3,(H,10,11). The third-order valence-electron chi connectivity index (χ3n) is 1.82. The monoisotopic (exact) mass is 175 g/mol. The van der Waals surface area contributed by atoms with E-state index in [9.17, 15) is 4.79 Å². The van der Waals surface area contributed by atoms with Gasteiger partial charge in [-0.05, 0) is 20.3 Å². The van der Waals surface area contributed by atoms with Gasteiger partial charge in [-0.1, -0.05) is 6.92 Å². The molecule has 0 fully saturated rings. The molecule has 0 aromatic heterocycles. The topological polar surface area (TPSA) is 72.5 Å². The second kappa shape index (κ2) is 4.42. The van der Waals surface area contributed by atoms with Gasteiger partial charge in [0.2, 0.25) is 0 Å². The van der Waals surface area contributed by atoms with Gasteiger partial charge in [-0.3, -0.25) is 0 Å². The van der Waals surface area contributed by atoms with Crippen molar-refractivity contribution in [1.82, 2.24) is 0 Å². The lowest BCUT2D eigenvalue weighted by Crippen LogP contribution is -2.42. The Bertz CT molecular complexity index is 156. The molecule has 0 saturated carbocycles. The minimum atomic E-state index is -0.957. The number of carboxylic acids is 1. The van der Waals surface area contributed by atoms with Crippen LogP contribution in [0.2, 0.25) is 0 Å². The molecule has 4 heteroatoms. The van der Waals surface area contributed by atoms with Crippen LogP contribution in [0.1, 0.15) is 27.2 Å². The van der Waals surface area contributed by atoms with Gasteiger partial charge in [0.05, 0.1) is 6.61 Å². The molecular weight excluding hydrogens is 158 g/mol. The Morgan fingerprint density at radius 3 is 2.58 bits per heavy atom. The number of aliphatic carboxylic acids is 1. The molecule has 0 aliphatic carbocycles. The summed E-state index contributed by atoms with van der Waals surface area (Å²) in [7, 11) is 0. The van der Waals surface area contributed by atoms with E-state index < -0.39 is 17.6 Å². The Morgan fingerprint density at radius 2 is 2.25 bits per heavy atom. The van der Waals surface area contributed by atoms with Crippen molar-refractivity contribution in [1.29, 1.82) is 0 Å². The van der Waals surface area contributed by atoms with Crippen LogP contribution in [-0.4, -0.2) is 29.3 Å². The quantitative estimate of drug-likeness (QED) is 0.642. The van der Waals surface area contributed by atoms with Crippen molar-refractivity contribution in [2.24, 2.45) is 5.73 Å². The summed E-state index contributed by atoms with van der Waals surface area (Å²) >= 11 is 0. The molecule has 2 unspecified atom stereocenters. The lowest BCUT2D eigenvalue weighted by Gasteiger charge is -2.23. The second-order valence-corrected chi connectivity index (χ2v) is 3.30. The van der Waals surface area contributed by atoms with Gasteiger partial charge in [0.25, 0.3) is 0 Å². The maximum absolute atomic E-state index is 10.3. The zero-order chi connectivity index (χ0) is 9.78. The van der Waals surface area contributed by atoms with Gasteiger partial charge in [0, 0.05) is 5.54 Å². The third kappa shape index (κ3) is 4.31. The zero-order valence-corrected chi connectivity index (χ0v) is 7.83. The predicted octanol–water partition coefficient (Wildman–Crippen LogP) is 0.603. The van der Waals surface area contributed by atoms with Gasteiger partial charge in [-0.15, -0.1) is 0 Å². The fourth-order valence-corrected chi connectivity index (χ4v) is 0.489. The van der Waals surface area contributed by atoms with E-state index in [2.05, 4.69) is 0 Å². The van der Waals surface area contributed by atoms with Gasteiger partial charge < -0.3 is 15.6 Å². The van der Waals surface area contributed by atoms with E-state index in [0.717, 1.165) is 6.42 Å². The number of hydrogen-bond acceptors (Lipinski definition) is 3. The molecule has 12 heavy (non-hydrogen) atoms. The van der Waals surface area contributed by atoms with E-state index in [1.807, 2.05) is 13.8 Å². The van der Waals surface area contributed by atoms with Crippen LogP contribution >= 0.6 is 0 Å². The normalized spacial score (nSPS) is 18.3. The number of nitrogens with two attached hydrogens (primary N) is 1. The summed E-state index contributed by atoms with van der Waals surface area (Å²) in [6, 6.07) is 0. The molecule has 4 nitrogen and oxygen atoms in total. The van der Waals surface area contributed by atoms with Crippen molar-refractivity contribution in [3.8, 4) is 0 Å². The van der Waals surface area contributed by atoms with Crippen molar-refractivity contribution in [2.45, 2.75) is 38.8 Å². The van der Waals surface area contributed by atoms with Crippen LogP contribution in [0.3, 0.4) is 0 Å². The summed E-state index contributed by atoms with van der Waals surface area (Å²) in [6.07, 6.45) is -0.0151. The molecule has 0 spiro atoms. The first kappa shape index (κ1) is 11.4. The van der Waals surface area contributed by atoms with Gasteiger partial charge in [-0.25, -0.2) is 4.79 Å². The number of carboxylic acid groups (broad SMARTS) is 1. The van der Waals surface area contributed by atoms with Gasteiger partial charge in [-0.2, -0.15) is 0 Å². The fraction of sp³-hybridized carbons (Fsp3) is 0.875. The lowest BCUT2D eigenvalue weighted by atomic mass is 10.0. The van der Waals surface area contributed by atoms with Crippen molar-refractivity contribution < 1.29 is 14.6 Å². The van der Waals surface area contributed by atoms with E-state index in [1.54, 1.807) is 0 Å². The Kier molecular flexibility index (Phi) is 4.20. The van der Waals surface area contributed by atoms with Crippen LogP contribution in [0.4, 0.5) is 0 Å². The van der Waals surface area contributed by atoms with Gasteiger partial charge in [0.15, 0.2) is 6.10 Å². The summed E-state index contributed by atoms with van der Waals surface area (Å²) in [5.41, 5.74) is 5.32. The molecule has 0 heterocycles. The maximum atomic E-state index is 10.3. The highest BCUT2D eigenvalue weighted by atomic mass is 16.5. The van der Waals surface area contributed by atoms with Crippen LogP contribution in [-0.2, 0) is 9.53 Å². The Hall–Kier alpha value is -0.610. The smallest absolute Gasteiger partial charge is 0.332 e. The molecule has 0 bridgehead atoms. The molecule has 0 aromatic rings. The van der Waals surface area contributed by atoms with E-state index in [4.69, 9.17) is 15.6 Å². The molecule has 0 aromatic carbocycles. The summed E-state index contributed by atoms with van der Waals surface area (Å²) < 4.78 is 5.03. The fourth-order valence-electron chi connectivity index (χ4n) is 0.489. The summed E-state index contributed by atoms with van der Waals surface area (Å²) in [4.78, 5) is 10.3. The van der Waals surface area contributed by atoms with Crippen LogP contribution < -0.4 is 5.73 Å². The Morgan fingerprint density at radius 1 is 1.75 bits per heavy atom. The Labute approximate surface area is 72.7 Å². The average molecular weight is 175 g/mol. The van der Waals surface area contributed by atoms with E-state index >= 15 is 0 Å². The average Bonchev–Trinajstić information content (AvgIpc) is 2.00. The molecule has 3 N–H and O–H groups in total. The summed E-state index contributed by atoms with van der Waals surface area (Å²) in [6.45, 7) is 5.54. The van der Waals surface area contributed by atoms with Crippen molar-refractivity contribution in [2.75, 3.05) is 6.61 Å². The van der Waals surface area contributed by atoms with Crippen molar-refractivity contribution >= 4 is 5.97 Å². The molecule has 2 atom stereocenters. The minimum absolute atomic E-state index is 0.275. The van der Waals surface area contributed by atoms with Crippen molar-refractivity contribution in [3.63, 3.8) is 0 Å². The largest absolute Gasteiger partial charge is 0.479 e. The highest BCUT2D eigenvalue weighted by molar-refractivity contribution is 5.71. The number of ether oxygens (including phenoxy) is 1. The maximum Gasteiger partial charge on any atom is 0.332 e. The summed E-state index contributed by atoms with van der Waals surface area (Å²) in [5.74, 6) is -0.957. The van der Waals surface area contributed by atoms with Crippen LogP contribution in [0.25, 0.3) is 0 Å². The molecule has 0 aliphatic rings. The van der Waals surface area contributed by atoms with Gasteiger partial charge >= 0.3 is 5.97 Å². The van der Waals surface area contributed by atoms with Crippen molar-refractivity contribution in [3.05, 3.63) is 0 Å².